The molecule has 4 heteroatoms. The first-order valence-electron chi connectivity index (χ1n) is 5.79. The fraction of sp³-hybridized carbons (Fsp3) is 0.909. The SMILES string of the molecule is CCC1CN(C(=O)C(C)CCN)CCS1. The first-order valence-corrected chi connectivity index (χ1v) is 6.84. The Kier molecular flexibility index (Phi) is 5.47. The molecule has 2 unspecified atom stereocenters. The van der Waals surface area contributed by atoms with Crippen LogP contribution in [0.15, 0.2) is 0 Å². The standard InChI is InChI=1S/C11H22N2OS/c1-3-10-8-13(6-7-15-10)11(14)9(2)4-5-12/h9-10H,3-8,12H2,1-2H3. The van der Waals surface area contributed by atoms with E-state index in [1.165, 1.54) is 0 Å². The van der Waals surface area contributed by atoms with E-state index in [2.05, 4.69) is 6.92 Å². The van der Waals surface area contributed by atoms with Gasteiger partial charge in [-0.05, 0) is 19.4 Å². The summed E-state index contributed by atoms with van der Waals surface area (Å²) in [5.41, 5.74) is 5.48. The van der Waals surface area contributed by atoms with Crippen LogP contribution in [0.4, 0.5) is 0 Å². The molecular weight excluding hydrogens is 208 g/mol. The molecule has 2 atom stereocenters. The average Bonchev–Trinajstić information content (AvgIpc) is 2.28. The Balaban J connectivity index is 2.44. The Hall–Kier alpha value is -0.220. The first kappa shape index (κ1) is 12.8. The van der Waals surface area contributed by atoms with Gasteiger partial charge in [-0.2, -0.15) is 11.8 Å². The van der Waals surface area contributed by atoms with Gasteiger partial charge in [0, 0.05) is 30.0 Å². The minimum absolute atomic E-state index is 0.0932. The van der Waals surface area contributed by atoms with Crippen molar-refractivity contribution in [3.8, 4) is 0 Å². The lowest BCUT2D eigenvalue weighted by molar-refractivity contribution is -0.135. The molecule has 1 aliphatic heterocycles. The van der Waals surface area contributed by atoms with Gasteiger partial charge >= 0.3 is 0 Å². The number of nitrogens with zero attached hydrogens (tertiary/aromatic N) is 1. The molecule has 1 rings (SSSR count). The lowest BCUT2D eigenvalue weighted by Crippen LogP contribution is -2.44. The molecule has 1 fully saturated rings. The fourth-order valence-corrected chi connectivity index (χ4v) is 3.03. The summed E-state index contributed by atoms with van der Waals surface area (Å²) in [6, 6.07) is 0. The molecule has 1 amide bonds. The summed E-state index contributed by atoms with van der Waals surface area (Å²) in [4.78, 5) is 14.0. The van der Waals surface area contributed by atoms with E-state index in [1.807, 2.05) is 23.6 Å². The zero-order chi connectivity index (χ0) is 11.3. The second-order valence-corrected chi connectivity index (χ2v) is 5.57. The molecule has 0 aromatic heterocycles. The molecule has 3 nitrogen and oxygen atoms in total. The number of nitrogens with two attached hydrogens (primary N) is 1. The number of carbonyl (C=O) groups excluding carboxylic acids is 1. The molecule has 1 saturated heterocycles. The van der Waals surface area contributed by atoms with Crippen LogP contribution >= 0.6 is 11.8 Å². The van der Waals surface area contributed by atoms with Crippen LogP contribution in [0.25, 0.3) is 0 Å². The summed E-state index contributed by atoms with van der Waals surface area (Å²) in [6.07, 6.45) is 1.96. The third-order valence-electron chi connectivity index (χ3n) is 2.93. The molecule has 0 aromatic rings. The molecule has 0 spiro atoms. The van der Waals surface area contributed by atoms with Gasteiger partial charge in [-0.3, -0.25) is 4.79 Å². The highest BCUT2D eigenvalue weighted by Gasteiger charge is 2.25. The van der Waals surface area contributed by atoms with Crippen LogP contribution in [0.1, 0.15) is 26.7 Å². The van der Waals surface area contributed by atoms with Gasteiger partial charge in [-0.25, -0.2) is 0 Å². The zero-order valence-corrected chi connectivity index (χ0v) is 10.6. The van der Waals surface area contributed by atoms with Gasteiger partial charge < -0.3 is 10.6 Å². The van der Waals surface area contributed by atoms with Gasteiger partial charge in [-0.15, -0.1) is 0 Å². The van der Waals surface area contributed by atoms with Gasteiger partial charge in [0.1, 0.15) is 0 Å². The van der Waals surface area contributed by atoms with Gasteiger partial charge in [-0.1, -0.05) is 13.8 Å². The quantitative estimate of drug-likeness (QED) is 0.792. The van der Waals surface area contributed by atoms with Crippen LogP contribution in [0.2, 0.25) is 0 Å². The number of carbonyl (C=O) groups is 1. The summed E-state index contributed by atoms with van der Waals surface area (Å²) in [6.45, 7) is 6.61. The first-order chi connectivity index (χ1) is 7.19. The summed E-state index contributed by atoms with van der Waals surface area (Å²) in [7, 11) is 0. The Morgan fingerprint density at radius 2 is 2.40 bits per heavy atom. The van der Waals surface area contributed by atoms with E-state index in [-0.39, 0.29) is 5.92 Å². The van der Waals surface area contributed by atoms with Crippen molar-refractivity contribution in [2.24, 2.45) is 11.7 Å². The monoisotopic (exact) mass is 230 g/mol. The van der Waals surface area contributed by atoms with Crippen molar-refractivity contribution in [1.82, 2.24) is 4.90 Å². The maximum Gasteiger partial charge on any atom is 0.225 e. The molecule has 2 N–H and O–H groups in total. The van der Waals surface area contributed by atoms with E-state index in [4.69, 9.17) is 5.73 Å². The van der Waals surface area contributed by atoms with E-state index in [0.29, 0.717) is 17.7 Å². The van der Waals surface area contributed by atoms with Crippen LogP contribution in [0, 0.1) is 5.92 Å². The second-order valence-electron chi connectivity index (χ2n) is 4.16. The van der Waals surface area contributed by atoms with Crippen LogP contribution in [-0.2, 0) is 4.79 Å². The highest BCUT2D eigenvalue weighted by atomic mass is 32.2. The van der Waals surface area contributed by atoms with Crippen molar-refractivity contribution >= 4 is 17.7 Å². The molecule has 88 valence electrons. The molecule has 0 aromatic carbocycles. The van der Waals surface area contributed by atoms with Gasteiger partial charge in [0.05, 0.1) is 0 Å². The molecule has 1 aliphatic rings. The van der Waals surface area contributed by atoms with Crippen molar-refractivity contribution < 1.29 is 4.79 Å². The van der Waals surface area contributed by atoms with E-state index >= 15 is 0 Å². The molecule has 0 aliphatic carbocycles. The maximum absolute atomic E-state index is 12.0. The second kappa shape index (κ2) is 6.38. The topological polar surface area (TPSA) is 46.3 Å². The summed E-state index contributed by atoms with van der Waals surface area (Å²) in [5.74, 6) is 1.47. The van der Waals surface area contributed by atoms with Crippen LogP contribution in [0.3, 0.4) is 0 Å². The number of thioether (sulfide) groups is 1. The summed E-state index contributed by atoms with van der Waals surface area (Å²) < 4.78 is 0. The Morgan fingerprint density at radius 3 is 3.00 bits per heavy atom. The van der Waals surface area contributed by atoms with E-state index in [9.17, 15) is 4.79 Å². The van der Waals surface area contributed by atoms with Crippen LogP contribution in [-0.4, -0.2) is 41.4 Å². The van der Waals surface area contributed by atoms with Crippen molar-refractivity contribution in [3.63, 3.8) is 0 Å². The largest absolute Gasteiger partial charge is 0.341 e. The van der Waals surface area contributed by atoms with Crippen molar-refractivity contribution in [1.29, 1.82) is 0 Å². The zero-order valence-electron chi connectivity index (χ0n) is 9.74. The Bertz CT molecular complexity index is 211. The van der Waals surface area contributed by atoms with E-state index in [0.717, 1.165) is 31.7 Å². The highest BCUT2D eigenvalue weighted by molar-refractivity contribution is 8.00. The predicted octanol–water partition coefficient (Wildman–Crippen LogP) is 1.33. The number of hydrogen-bond donors (Lipinski definition) is 1. The van der Waals surface area contributed by atoms with E-state index < -0.39 is 0 Å². The number of hydrogen-bond acceptors (Lipinski definition) is 3. The van der Waals surface area contributed by atoms with E-state index in [1.54, 1.807) is 0 Å². The fourth-order valence-electron chi connectivity index (χ4n) is 1.85. The molecular formula is C11H22N2OS. The maximum atomic E-state index is 12.0. The van der Waals surface area contributed by atoms with Gasteiger partial charge in [0.15, 0.2) is 0 Å². The third-order valence-corrected chi connectivity index (χ3v) is 4.30. The van der Waals surface area contributed by atoms with Crippen molar-refractivity contribution in [2.75, 3.05) is 25.4 Å². The molecule has 1 heterocycles. The molecule has 0 bridgehead atoms. The Labute approximate surface area is 96.8 Å². The minimum atomic E-state index is 0.0932. The predicted molar refractivity (Wildman–Crippen MR) is 66.0 cm³/mol. The molecule has 0 radical (unpaired) electrons. The minimum Gasteiger partial charge on any atom is -0.341 e. The lowest BCUT2D eigenvalue weighted by Gasteiger charge is -2.33. The average molecular weight is 230 g/mol. The molecule has 15 heavy (non-hydrogen) atoms. The highest BCUT2D eigenvalue weighted by Crippen LogP contribution is 2.22. The Morgan fingerprint density at radius 1 is 1.67 bits per heavy atom. The van der Waals surface area contributed by atoms with Crippen molar-refractivity contribution in [2.45, 2.75) is 31.9 Å². The normalized spacial score (nSPS) is 23.9. The summed E-state index contributed by atoms with van der Waals surface area (Å²) in [5, 5.41) is 0.632. The van der Waals surface area contributed by atoms with Crippen LogP contribution < -0.4 is 5.73 Å². The number of amides is 1. The van der Waals surface area contributed by atoms with Crippen LogP contribution in [0.5, 0.6) is 0 Å². The smallest absolute Gasteiger partial charge is 0.225 e. The summed E-state index contributed by atoms with van der Waals surface area (Å²) >= 11 is 1.99. The van der Waals surface area contributed by atoms with Gasteiger partial charge in [0.2, 0.25) is 5.91 Å². The lowest BCUT2D eigenvalue weighted by atomic mass is 10.1. The van der Waals surface area contributed by atoms with Crippen molar-refractivity contribution in [3.05, 3.63) is 0 Å². The van der Waals surface area contributed by atoms with Gasteiger partial charge in [0.25, 0.3) is 0 Å². The number of rotatable bonds is 4. The molecule has 0 saturated carbocycles. The third kappa shape index (κ3) is 3.68.